The molecule has 6 heteroatoms. The number of carbonyl (C=O) groups is 1. The Labute approximate surface area is 139 Å². The smallest absolute Gasteiger partial charge is 0.340 e. The molecule has 6 nitrogen and oxygen atoms in total. The number of H-pyrrole nitrogens is 1. The molecule has 0 saturated carbocycles. The van der Waals surface area contributed by atoms with E-state index < -0.39 is 5.97 Å². The lowest BCUT2D eigenvalue weighted by Gasteiger charge is -2.03. The largest absolute Gasteiger partial charge is 0.462 e. The molecule has 0 atom stereocenters. The van der Waals surface area contributed by atoms with Gasteiger partial charge in [0.1, 0.15) is 0 Å². The van der Waals surface area contributed by atoms with Crippen LogP contribution >= 0.6 is 0 Å². The molecule has 3 rings (SSSR count). The topological polar surface area (TPSA) is 83.7 Å². The quantitative estimate of drug-likeness (QED) is 0.558. The first-order valence-electron chi connectivity index (χ1n) is 7.61. The number of hydrogen-bond donors (Lipinski definition) is 1. The lowest BCUT2D eigenvalue weighted by molar-refractivity contribution is 0.0503. The zero-order valence-corrected chi connectivity index (χ0v) is 13.0. The number of carbonyl (C=O) groups excluding carboxylic acids is 1. The number of nitrogens with zero attached hydrogens (tertiary/aromatic N) is 3. The fourth-order valence-corrected chi connectivity index (χ4v) is 2.35. The van der Waals surface area contributed by atoms with Crippen LogP contribution in [0.4, 0.5) is 0 Å². The minimum absolute atomic E-state index is 0.236. The molecule has 0 radical (unpaired) electrons. The third-order valence-electron chi connectivity index (χ3n) is 3.55. The van der Waals surface area contributed by atoms with E-state index in [1.807, 2.05) is 42.6 Å². The monoisotopic (exact) mass is 320 g/mol. The van der Waals surface area contributed by atoms with Crippen LogP contribution < -0.4 is 0 Å². The number of aromatic nitrogens is 3. The summed E-state index contributed by atoms with van der Waals surface area (Å²) >= 11 is 0. The van der Waals surface area contributed by atoms with Gasteiger partial charge in [-0.2, -0.15) is 10.4 Å². The standard InChI is InChI=1S/C18H16N4O2/c19-8-4-5-9-24-18(23)17-12-20-11-16(17)14-10-21-22(13-14)15-6-2-1-3-7-15/h1-3,6-7,10-13,20H,4-5,9H2. The molecule has 0 aliphatic heterocycles. The van der Waals surface area contributed by atoms with Crippen LogP contribution in [0.15, 0.2) is 55.1 Å². The summed E-state index contributed by atoms with van der Waals surface area (Å²) < 4.78 is 6.96. The molecule has 1 N–H and O–H groups in total. The van der Waals surface area contributed by atoms with E-state index in [9.17, 15) is 4.79 Å². The number of esters is 1. The van der Waals surface area contributed by atoms with E-state index in [1.54, 1.807) is 23.3 Å². The summed E-state index contributed by atoms with van der Waals surface area (Å²) in [5.74, 6) is -0.406. The van der Waals surface area contributed by atoms with Crippen LogP contribution in [0, 0.1) is 11.3 Å². The number of ether oxygens (including phenoxy) is 1. The minimum atomic E-state index is -0.406. The van der Waals surface area contributed by atoms with Crippen LogP contribution in [-0.2, 0) is 4.74 Å². The predicted octanol–water partition coefficient (Wildman–Crippen LogP) is 3.33. The molecule has 0 saturated heterocycles. The normalized spacial score (nSPS) is 10.3. The highest BCUT2D eigenvalue weighted by molar-refractivity contribution is 5.97. The molecule has 0 spiro atoms. The van der Waals surface area contributed by atoms with Gasteiger partial charge in [0.2, 0.25) is 0 Å². The zero-order valence-electron chi connectivity index (χ0n) is 13.0. The second kappa shape index (κ2) is 7.29. The molecule has 2 aromatic heterocycles. The van der Waals surface area contributed by atoms with Crippen LogP contribution in [0.1, 0.15) is 23.2 Å². The van der Waals surface area contributed by atoms with E-state index in [0.717, 1.165) is 16.8 Å². The molecule has 0 unspecified atom stereocenters. The molecule has 120 valence electrons. The number of nitriles is 1. The Morgan fingerprint density at radius 2 is 2.12 bits per heavy atom. The summed E-state index contributed by atoms with van der Waals surface area (Å²) in [5, 5.41) is 12.8. The zero-order chi connectivity index (χ0) is 16.8. The first kappa shape index (κ1) is 15.6. The van der Waals surface area contributed by atoms with E-state index in [2.05, 4.69) is 10.1 Å². The van der Waals surface area contributed by atoms with Crippen molar-refractivity contribution in [2.24, 2.45) is 0 Å². The van der Waals surface area contributed by atoms with Gasteiger partial charge in [0.05, 0.1) is 30.1 Å². The summed E-state index contributed by atoms with van der Waals surface area (Å²) in [6.45, 7) is 0.236. The van der Waals surface area contributed by atoms with E-state index in [4.69, 9.17) is 10.00 Å². The number of rotatable bonds is 6. The highest BCUT2D eigenvalue weighted by atomic mass is 16.5. The Bertz CT molecular complexity index is 859. The maximum atomic E-state index is 12.2. The van der Waals surface area contributed by atoms with Gasteiger partial charge in [0.15, 0.2) is 0 Å². The number of nitrogens with one attached hydrogen (secondary N) is 1. The van der Waals surface area contributed by atoms with E-state index in [0.29, 0.717) is 18.4 Å². The Kier molecular flexibility index (Phi) is 4.73. The molecular formula is C18H16N4O2. The van der Waals surface area contributed by atoms with Crippen LogP contribution in [0.25, 0.3) is 16.8 Å². The summed E-state index contributed by atoms with van der Waals surface area (Å²) in [5.41, 5.74) is 2.96. The number of para-hydroxylation sites is 1. The Hall–Kier alpha value is -3.33. The van der Waals surface area contributed by atoms with Crippen molar-refractivity contribution in [3.8, 4) is 22.9 Å². The van der Waals surface area contributed by atoms with Crippen molar-refractivity contribution in [3.05, 3.63) is 60.7 Å². The summed E-state index contributed by atoms with van der Waals surface area (Å²) in [7, 11) is 0. The maximum absolute atomic E-state index is 12.2. The van der Waals surface area contributed by atoms with Crippen molar-refractivity contribution < 1.29 is 9.53 Å². The molecule has 0 aliphatic carbocycles. The second-order valence-electron chi connectivity index (χ2n) is 5.19. The van der Waals surface area contributed by atoms with Crippen molar-refractivity contribution in [1.29, 1.82) is 5.26 Å². The lowest BCUT2D eigenvalue weighted by atomic mass is 10.1. The van der Waals surface area contributed by atoms with Gasteiger partial charge in [-0.3, -0.25) is 0 Å². The second-order valence-corrected chi connectivity index (χ2v) is 5.19. The van der Waals surface area contributed by atoms with E-state index in [1.165, 1.54) is 0 Å². The highest BCUT2D eigenvalue weighted by Gasteiger charge is 2.16. The molecular weight excluding hydrogens is 304 g/mol. The number of unbranched alkanes of at least 4 members (excludes halogenated alkanes) is 1. The fourth-order valence-electron chi connectivity index (χ4n) is 2.35. The van der Waals surface area contributed by atoms with Crippen molar-refractivity contribution in [2.75, 3.05) is 6.61 Å². The number of aromatic amines is 1. The predicted molar refractivity (Wildman–Crippen MR) is 88.5 cm³/mol. The lowest BCUT2D eigenvalue weighted by Crippen LogP contribution is -2.06. The van der Waals surface area contributed by atoms with Gasteiger partial charge in [-0.1, -0.05) is 18.2 Å². The highest BCUT2D eigenvalue weighted by Crippen LogP contribution is 2.24. The third-order valence-corrected chi connectivity index (χ3v) is 3.55. The first-order valence-corrected chi connectivity index (χ1v) is 7.61. The van der Waals surface area contributed by atoms with Crippen molar-refractivity contribution in [2.45, 2.75) is 12.8 Å². The molecule has 1 aromatic carbocycles. The first-order chi connectivity index (χ1) is 11.8. The van der Waals surface area contributed by atoms with Crippen molar-refractivity contribution >= 4 is 5.97 Å². The molecule has 0 amide bonds. The van der Waals surface area contributed by atoms with Crippen LogP contribution in [-0.4, -0.2) is 27.3 Å². The van der Waals surface area contributed by atoms with Gasteiger partial charge >= 0.3 is 5.97 Å². The SMILES string of the molecule is N#CCCCOC(=O)c1c[nH]cc1-c1cnn(-c2ccccc2)c1. The summed E-state index contributed by atoms with van der Waals surface area (Å²) in [6, 6.07) is 11.8. The summed E-state index contributed by atoms with van der Waals surface area (Å²) in [6.07, 6.45) is 7.85. The van der Waals surface area contributed by atoms with Crippen molar-refractivity contribution in [3.63, 3.8) is 0 Å². The average Bonchev–Trinajstić information content (AvgIpc) is 3.28. The van der Waals surface area contributed by atoms with E-state index in [-0.39, 0.29) is 6.61 Å². The Morgan fingerprint density at radius 3 is 2.92 bits per heavy atom. The van der Waals surface area contributed by atoms with Gasteiger partial charge in [0, 0.05) is 36.1 Å². The molecule has 0 bridgehead atoms. The van der Waals surface area contributed by atoms with Crippen LogP contribution in [0.2, 0.25) is 0 Å². The van der Waals surface area contributed by atoms with Crippen molar-refractivity contribution in [1.82, 2.24) is 14.8 Å². The third kappa shape index (κ3) is 3.36. The van der Waals surface area contributed by atoms with Gasteiger partial charge in [-0.05, 0) is 18.6 Å². The number of hydrogen-bond acceptors (Lipinski definition) is 4. The van der Waals surface area contributed by atoms with Gasteiger partial charge in [-0.25, -0.2) is 9.48 Å². The van der Waals surface area contributed by atoms with Crippen LogP contribution in [0.3, 0.4) is 0 Å². The maximum Gasteiger partial charge on any atom is 0.340 e. The van der Waals surface area contributed by atoms with Gasteiger partial charge in [0.25, 0.3) is 0 Å². The molecule has 0 fully saturated rings. The Morgan fingerprint density at radius 1 is 1.29 bits per heavy atom. The number of benzene rings is 1. The molecule has 3 aromatic rings. The Balaban J connectivity index is 1.77. The van der Waals surface area contributed by atoms with Gasteiger partial charge in [-0.15, -0.1) is 0 Å². The minimum Gasteiger partial charge on any atom is -0.462 e. The molecule has 0 aliphatic rings. The fraction of sp³-hybridized carbons (Fsp3) is 0.167. The average molecular weight is 320 g/mol. The summed E-state index contributed by atoms with van der Waals surface area (Å²) in [4.78, 5) is 15.1. The van der Waals surface area contributed by atoms with Crippen LogP contribution in [0.5, 0.6) is 0 Å². The van der Waals surface area contributed by atoms with E-state index >= 15 is 0 Å². The van der Waals surface area contributed by atoms with Gasteiger partial charge < -0.3 is 9.72 Å². The molecule has 24 heavy (non-hydrogen) atoms. The molecule has 2 heterocycles.